The van der Waals surface area contributed by atoms with Crippen LogP contribution in [0.1, 0.15) is 18.9 Å². The summed E-state index contributed by atoms with van der Waals surface area (Å²) < 4.78 is 5.24. The molecule has 0 radical (unpaired) electrons. The third-order valence-corrected chi connectivity index (χ3v) is 4.07. The molecule has 3 heteroatoms. The molecule has 2 unspecified atom stereocenters. The monoisotopic (exact) mass is 253 g/mol. The Bertz CT molecular complexity index is 369. The molecule has 17 heavy (non-hydrogen) atoms. The molecule has 2 rings (SSSR count). The minimum absolute atomic E-state index is 0.344. The minimum Gasteiger partial charge on any atom is -0.497 e. The predicted octanol–water partition coefficient (Wildman–Crippen LogP) is 3.14. The van der Waals surface area contributed by atoms with Crippen molar-refractivity contribution in [2.24, 2.45) is 5.92 Å². The first kappa shape index (κ1) is 12.7. The highest BCUT2D eigenvalue weighted by Crippen LogP contribution is 2.23. The fraction of sp³-hybridized carbons (Fsp3) is 0.571. The van der Waals surface area contributed by atoms with Gasteiger partial charge in [-0.3, -0.25) is 4.90 Å². The first-order chi connectivity index (χ1) is 8.19. The Balaban J connectivity index is 1.96. The van der Waals surface area contributed by atoms with Gasteiger partial charge >= 0.3 is 0 Å². The van der Waals surface area contributed by atoms with Crippen LogP contribution >= 0.6 is 11.6 Å². The second kappa shape index (κ2) is 5.74. The molecule has 0 aromatic heterocycles. The largest absolute Gasteiger partial charge is 0.497 e. The van der Waals surface area contributed by atoms with Crippen LogP contribution in [0.4, 0.5) is 0 Å². The number of halogens is 1. The van der Waals surface area contributed by atoms with Crippen molar-refractivity contribution in [2.75, 3.05) is 20.2 Å². The van der Waals surface area contributed by atoms with Crippen molar-refractivity contribution in [1.82, 2.24) is 4.90 Å². The van der Waals surface area contributed by atoms with Gasteiger partial charge in [0.1, 0.15) is 5.75 Å². The number of hydrogen-bond donors (Lipinski definition) is 0. The maximum atomic E-state index is 6.24. The lowest BCUT2D eigenvalue weighted by molar-refractivity contribution is 0.180. The molecular weight excluding hydrogens is 234 g/mol. The molecular formula is C14H20ClNO. The molecule has 1 saturated heterocycles. The molecule has 0 amide bonds. The molecule has 1 aromatic rings. The molecule has 1 aliphatic heterocycles. The molecule has 0 saturated carbocycles. The van der Waals surface area contributed by atoms with Crippen LogP contribution in [0, 0.1) is 5.92 Å². The van der Waals surface area contributed by atoms with Crippen molar-refractivity contribution in [3.05, 3.63) is 29.8 Å². The van der Waals surface area contributed by atoms with E-state index in [9.17, 15) is 0 Å². The number of ether oxygens (including phenoxy) is 1. The van der Waals surface area contributed by atoms with Crippen molar-refractivity contribution in [3.63, 3.8) is 0 Å². The Hall–Kier alpha value is -0.730. The summed E-state index contributed by atoms with van der Waals surface area (Å²) in [6, 6.07) is 8.29. The number of rotatable bonds is 3. The fourth-order valence-electron chi connectivity index (χ4n) is 2.38. The lowest BCUT2D eigenvalue weighted by Gasteiger charge is -2.34. The van der Waals surface area contributed by atoms with Gasteiger partial charge in [-0.1, -0.05) is 19.1 Å². The van der Waals surface area contributed by atoms with E-state index >= 15 is 0 Å². The fourth-order valence-corrected chi connectivity index (χ4v) is 2.55. The number of benzene rings is 1. The van der Waals surface area contributed by atoms with Crippen molar-refractivity contribution in [1.29, 1.82) is 0 Å². The molecule has 2 nitrogen and oxygen atoms in total. The normalized spacial score (nSPS) is 25.8. The van der Waals surface area contributed by atoms with E-state index in [0.29, 0.717) is 11.3 Å². The standard InChI is InChI=1S/C14H20ClNO/c1-11-9-16(7-6-14(11)15)10-12-4-3-5-13(8-12)17-2/h3-5,8,11,14H,6-7,9-10H2,1-2H3. The SMILES string of the molecule is COc1cccc(CN2CCC(Cl)C(C)C2)c1. The first-order valence-electron chi connectivity index (χ1n) is 6.18. The summed E-state index contributed by atoms with van der Waals surface area (Å²) in [7, 11) is 1.71. The summed E-state index contributed by atoms with van der Waals surface area (Å²) in [6.07, 6.45) is 1.09. The van der Waals surface area contributed by atoms with Gasteiger partial charge in [0.15, 0.2) is 0 Å². The second-order valence-electron chi connectivity index (χ2n) is 4.87. The molecule has 0 bridgehead atoms. The first-order valence-corrected chi connectivity index (χ1v) is 6.62. The average Bonchev–Trinajstić information content (AvgIpc) is 2.34. The Morgan fingerprint density at radius 2 is 2.29 bits per heavy atom. The highest BCUT2D eigenvalue weighted by atomic mass is 35.5. The van der Waals surface area contributed by atoms with E-state index in [4.69, 9.17) is 16.3 Å². The van der Waals surface area contributed by atoms with Gasteiger partial charge in [-0.25, -0.2) is 0 Å². The third kappa shape index (κ3) is 3.36. The van der Waals surface area contributed by atoms with Gasteiger partial charge < -0.3 is 4.74 Å². The highest BCUT2D eigenvalue weighted by Gasteiger charge is 2.24. The molecule has 1 aromatic carbocycles. The summed E-state index contributed by atoms with van der Waals surface area (Å²) in [5.74, 6) is 1.51. The molecule has 0 N–H and O–H groups in total. The van der Waals surface area contributed by atoms with Gasteiger partial charge in [-0.2, -0.15) is 0 Å². The summed E-state index contributed by atoms with van der Waals surface area (Å²) >= 11 is 6.24. The Morgan fingerprint density at radius 1 is 1.47 bits per heavy atom. The highest BCUT2D eigenvalue weighted by molar-refractivity contribution is 6.20. The van der Waals surface area contributed by atoms with E-state index in [1.54, 1.807) is 7.11 Å². The molecule has 1 fully saturated rings. The lowest BCUT2D eigenvalue weighted by atomic mass is 9.99. The zero-order valence-electron chi connectivity index (χ0n) is 10.5. The quantitative estimate of drug-likeness (QED) is 0.768. The molecule has 1 heterocycles. The summed E-state index contributed by atoms with van der Waals surface area (Å²) in [5.41, 5.74) is 1.31. The van der Waals surface area contributed by atoms with E-state index in [-0.39, 0.29) is 0 Å². The molecule has 0 aliphatic carbocycles. The van der Waals surface area contributed by atoms with Crippen molar-refractivity contribution in [3.8, 4) is 5.75 Å². The Morgan fingerprint density at radius 3 is 3.00 bits per heavy atom. The van der Waals surface area contributed by atoms with Gasteiger partial charge in [0.25, 0.3) is 0 Å². The Labute approximate surface area is 109 Å². The number of methoxy groups -OCH3 is 1. The summed E-state index contributed by atoms with van der Waals surface area (Å²) in [6.45, 7) is 5.40. The topological polar surface area (TPSA) is 12.5 Å². The average molecular weight is 254 g/mol. The van der Waals surface area contributed by atoms with E-state index in [0.717, 1.165) is 31.8 Å². The van der Waals surface area contributed by atoms with Gasteiger partial charge in [-0.05, 0) is 36.6 Å². The van der Waals surface area contributed by atoms with Crippen LogP contribution in [0.15, 0.2) is 24.3 Å². The molecule has 2 atom stereocenters. The van der Waals surface area contributed by atoms with Crippen molar-refractivity contribution < 1.29 is 4.74 Å². The van der Waals surface area contributed by atoms with E-state index < -0.39 is 0 Å². The van der Waals surface area contributed by atoms with Crippen molar-refractivity contribution >= 4 is 11.6 Å². The third-order valence-electron chi connectivity index (χ3n) is 3.43. The molecule has 1 aliphatic rings. The zero-order chi connectivity index (χ0) is 12.3. The van der Waals surface area contributed by atoms with E-state index in [1.165, 1.54) is 5.56 Å². The molecule has 0 spiro atoms. The van der Waals surface area contributed by atoms with Crippen LogP contribution in [0.25, 0.3) is 0 Å². The number of piperidine rings is 1. The van der Waals surface area contributed by atoms with Crippen molar-refractivity contribution in [2.45, 2.75) is 25.3 Å². The summed E-state index contributed by atoms with van der Waals surface area (Å²) in [5, 5.41) is 0.344. The van der Waals surface area contributed by atoms with Crippen LogP contribution in [-0.4, -0.2) is 30.5 Å². The minimum atomic E-state index is 0.344. The van der Waals surface area contributed by atoms with Gasteiger partial charge in [0.05, 0.1) is 7.11 Å². The molecule has 94 valence electrons. The van der Waals surface area contributed by atoms with Gasteiger partial charge in [0.2, 0.25) is 0 Å². The van der Waals surface area contributed by atoms with Gasteiger partial charge in [0, 0.05) is 18.5 Å². The maximum absolute atomic E-state index is 6.24. The van der Waals surface area contributed by atoms with E-state index in [1.807, 2.05) is 12.1 Å². The number of nitrogens with zero attached hydrogens (tertiary/aromatic N) is 1. The van der Waals surface area contributed by atoms with E-state index in [2.05, 4.69) is 24.0 Å². The predicted molar refractivity (Wildman–Crippen MR) is 71.7 cm³/mol. The smallest absolute Gasteiger partial charge is 0.119 e. The van der Waals surface area contributed by atoms with Crippen LogP contribution in [0.5, 0.6) is 5.75 Å². The zero-order valence-corrected chi connectivity index (χ0v) is 11.3. The maximum Gasteiger partial charge on any atom is 0.119 e. The second-order valence-corrected chi connectivity index (χ2v) is 5.43. The van der Waals surface area contributed by atoms with Crippen LogP contribution < -0.4 is 4.74 Å². The van der Waals surface area contributed by atoms with Crippen LogP contribution in [0.3, 0.4) is 0 Å². The number of alkyl halides is 1. The number of hydrogen-bond acceptors (Lipinski definition) is 2. The van der Waals surface area contributed by atoms with Gasteiger partial charge in [-0.15, -0.1) is 11.6 Å². The lowest BCUT2D eigenvalue weighted by Crippen LogP contribution is -2.39. The summed E-state index contributed by atoms with van der Waals surface area (Å²) in [4.78, 5) is 2.47. The Kier molecular flexibility index (Phi) is 4.30. The van der Waals surface area contributed by atoms with Crippen LogP contribution in [0.2, 0.25) is 0 Å². The number of likely N-dealkylation sites (tertiary alicyclic amines) is 1. The van der Waals surface area contributed by atoms with Crippen LogP contribution in [-0.2, 0) is 6.54 Å².